The Hall–Kier alpha value is -2.47. The van der Waals surface area contributed by atoms with Crippen molar-refractivity contribution in [3.8, 4) is 0 Å². The first kappa shape index (κ1) is 18.9. The van der Waals surface area contributed by atoms with Crippen molar-refractivity contribution in [1.82, 2.24) is 9.97 Å². The Bertz CT molecular complexity index is 984. The molecule has 28 heavy (non-hydrogen) atoms. The van der Waals surface area contributed by atoms with Gasteiger partial charge in [0.05, 0.1) is 11.3 Å². The molecule has 0 aliphatic carbocycles. The molecule has 0 saturated carbocycles. The second kappa shape index (κ2) is 8.27. The van der Waals surface area contributed by atoms with Crippen molar-refractivity contribution >= 4 is 39.0 Å². The van der Waals surface area contributed by atoms with Gasteiger partial charge in [-0.05, 0) is 49.4 Å². The SMILES string of the molecule is CCc1cccc(NC(=O)C2CCCN(c3ncnc4sc(CC)cc34)C2)c1. The second-order valence-corrected chi connectivity index (χ2v) is 8.43. The van der Waals surface area contributed by atoms with E-state index in [0.29, 0.717) is 6.54 Å². The monoisotopic (exact) mass is 394 g/mol. The van der Waals surface area contributed by atoms with Gasteiger partial charge >= 0.3 is 0 Å². The van der Waals surface area contributed by atoms with Crippen LogP contribution < -0.4 is 10.2 Å². The number of amides is 1. The van der Waals surface area contributed by atoms with Crippen LogP contribution in [-0.4, -0.2) is 29.0 Å². The molecule has 0 bridgehead atoms. The summed E-state index contributed by atoms with van der Waals surface area (Å²) in [6.45, 7) is 5.91. The summed E-state index contributed by atoms with van der Waals surface area (Å²) in [5, 5.41) is 4.22. The number of nitrogens with one attached hydrogen (secondary N) is 1. The molecule has 1 saturated heterocycles. The number of carbonyl (C=O) groups is 1. The average Bonchev–Trinajstić information content (AvgIpc) is 3.17. The molecule has 2 aromatic heterocycles. The molecule has 0 radical (unpaired) electrons. The van der Waals surface area contributed by atoms with Crippen molar-refractivity contribution in [3.05, 3.63) is 47.1 Å². The van der Waals surface area contributed by atoms with E-state index in [0.717, 1.165) is 53.9 Å². The predicted octanol–water partition coefficient (Wildman–Crippen LogP) is 4.67. The largest absolute Gasteiger partial charge is 0.355 e. The molecule has 3 heterocycles. The van der Waals surface area contributed by atoms with Crippen molar-refractivity contribution in [3.63, 3.8) is 0 Å². The highest BCUT2D eigenvalue weighted by Crippen LogP contribution is 2.32. The van der Waals surface area contributed by atoms with Gasteiger partial charge in [0.15, 0.2) is 0 Å². The maximum atomic E-state index is 12.9. The Labute approximate surface area is 169 Å². The van der Waals surface area contributed by atoms with Crippen LogP contribution in [-0.2, 0) is 17.6 Å². The van der Waals surface area contributed by atoms with Crippen molar-refractivity contribution in [2.24, 2.45) is 5.92 Å². The van der Waals surface area contributed by atoms with Crippen LogP contribution in [0.4, 0.5) is 11.5 Å². The predicted molar refractivity (Wildman–Crippen MR) is 116 cm³/mol. The zero-order valence-corrected chi connectivity index (χ0v) is 17.3. The summed E-state index contributed by atoms with van der Waals surface area (Å²) in [6, 6.07) is 10.3. The van der Waals surface area contributed by atoms with Gasteiger partial charge in [-0.1, -0.05) is 26.0 Å². The quantitative estimate of drug-likeness (QED) is 0.683. The molecule has 1 amide bonds. The molecule has 1 aromatic carbocycles. The lowest BCUT2D eigenvalue weighted by Gasteiger charge is -2.33. The Kier molecular flexibility index (Phi) is 5.57. The van der Waals surface area contributed by atoms with Gasteiger partial charge < -0.3 is 10.2 Å². The summed E-state index contributed by atoms with van der Waals surface area (Å²) in [6.07, 6.45) is 5.51. The lowest BCUT2D eigenvalue weighted by atomic mass is 9.96. The van der Waals surface area contributed by atoms with Crippen LogP contribution in [0.5, 0.6) is 0 Å². The first-order chi connectivity index (χ1) is 13.7. The smallest absolute Gasteiger partial charge is 0.229 e. The Balaban J connectivity index is 1.51. The number of hydrogen-bond donors (Lipinski definition) is 1. The highest BCUT2D eigenvalue weighted by molar-refractivity contribution is 7.18. The highest BCUT2D eigenvalue weighted by Gasteiger charge is 2.28. The van der Waals surface area contributed by atoms with Crippen molar-refractivity contribution in [1.29, 1.82) is 0 Å². The molecule has 146 valence electrons. The lowest BCUT2D eigenvalue weighted by molar-refractivity contribution is -0.120. The van der Waals surface area contributed by atoms with E-state index >= 15 is 0 Å². The number of aryl methyl sites for hydroxylation is 2. The molecule has 4 rings (SSSR count). The van der Waals surface area contributed by atoms with Crippen LogP contribution >= 0.6 is 11.3 Å². The third-order valence-corrected chi connectivity index (χ3v) is 6.59. The fourth-order valence-corrected chi connectivity index (χ4v) is 4.75. The summed E-state index contributed by atoms with van der Waals surface area (Å²) in [5.41, 5.74) is 2.12. The van der Waals surface area contributed by atoms with Gasteiger partial charge in [0.25, 0.3) is 0 Å². The number of carbonyl (C=O) groups excluding carboxylic acids is 1. The number of rotatable bonds is 5. The summed E-state index contributed by atoms with van der Waals surface area (Å²) in [4.78, 5) is 26.5. The lowest BCUT2D eigenvalue weighted by Crippen LogP contribution is -2.41. The van der Waals surface area contributed by atoms with E-state index in [1.165, 1.54) is 10.4 Å². The Morgan fingerprint density at radius 3 is 2.96 bits per heavy atom. The van der Waals surface area contributed by atoms with Crippen LogP contribution in [0.2, 0.25) is 0 Å². The maximum absolute atomic E-state index is 12.9. The zero-order valence-electron chi connectivity index (χ0n) is 16.4. The number of thiophene rings is 1. The summed E-state index contributed by atoms with van der Waals surface area (Å²) in [5.74, 6) is 1.03. The molecule has 0 spiro atoms. The third-order valence-electron chi connectivity index (χ3n) is 5.40. The molecule has 1 fully saturated rings. The van der Waals surface area contributed by atoms with Crippen LogP contribution in [0.15, 0.2) is 36.7 Å². The van der Waals surface area contributed by atoms with Gasteiger partial charge in [0.2, 0.25) is 5.91 Å². The molecule has 1 N–H and O–H groups in total. The molecule has 3 aromatic rings. The minimum Gasteiger partial charge on any atom is -0.355 e. The molecule has 5 nitrogen and oxygen atoms in total. The summed E-state index contributed by atoms with van der Waals surface area (Å²) in [7, 11) is 0. The minimum absolute atomic E-state index is 0.0340. The Morgan fingerprint density at radius 1 is 1.25 bits per heavy atom. The van der Waals surface area contributed by atoms with Gasteiger partial charge in [-0.2, -0.15) is 0 Å². The van der Waals surface area contributed by atoms with Crippen molar-refractivity contribution in [2.75, 3.05) is 23.3 Å². The Morgan fingerprint density at radius 2 is 2.14 bits per heavy atom. The third kappa shape index (κ3) is 3.87. The van der Waals surface area contributed by atoms with Crippen molar-refractivity contribution in [2.45, 2.75) is 39.5 Å². The number of nitrogens with zero attached hydrogens (tertiary/aromatic N) is 3. The van der Waals surface area contributed by atoms with Gasteiger partial charge in [-0.25, -0.2) is 9.97 Å². The fraction of sp³-hybridized carbons (Fsp3) is 0.409. The topological polar surface area (TPSA) is 58.1 Å². The van der Waals surface area contributed by atoms with E-state index < -0.39 is 0 Å². The first-order valence-electron chi connectivity index (χ1n) is 10.1. The summed E-state index contributed by atoms with van der Waals surface area (Å²) >= 11 is 1.73. The van der Waals surface area contributed by atoms with E-state index in [4.69, 9.17) is 0 Å². The number of aromatic nitrogens is 2. The summed E-state index contributed by atoms with van der Waals surface area (Å²) < 4.78 is 0. The van der Waals surface area contributed by atoms with E-state index in [9.17, 15) is 4.79 Å². The fourth-order valence-electron chi connectivity index (χ4n) is 3.82. The maximum Gasteiger partial charge on any atom is 0.229 e. The van der Waals surface area contributed by atoms with E-state index in [1.54, 1.807) is 17.7 Å². The average molecular weight is 395 g/mol. The number of benzene rings is 1. The number of hydrogen-bond acceptors (Lipinski definition) is 5. The van der Waals surface area contributed by atoms with Gasteiger partial charge in [-0.3, -0.25) is 4.79 Å². The zero-order chi connectivity index (χ0) is 19.5. The van der Waals surface area contributed by atoms with Crippen LogP contribution in [0.25, 0.3) is 10.2 Å². The van der Waals surface area contributed by atoms with E-state index in [-0.39, 0.29) is 11.8 Å². The molecule has 1 unspecified atom stereocenters. The minimum atomic E-state index is -0.0340. The van der Waals surface area contributed by atoms with Gasteiger partial charge in [0, 0.05) is 23.7 Å². The number of piperidine rings is 1. The normalized spacial score (nSPS) is 17.1. The number of fused-ring (bicyclic) bond motifs is 1. The molecule has 1 aliphatic heterocycles. The van der Waals surface area contributed by atoms with Crippen molar-refractivity contribution < 1.29 is 4.79 Å². The first-order valence-corrected chi connectivity index (χ1v) is 10.9. The standard InChI is InChI=1S/C22H26N4OS/c1-3-15-7-5-9-17(11-15)25-21(27)16-8-6-10-26(13-16)20-19-12-18(4-2)28-22(19)24-14-23-20/h5,7,9,11-12,14,16H,3-4,6,8,10,13H2,1-2H3,(H,25,27). The van der Waals surface area contributed by atoms with Crippen LogP contribution in [0, 0.1) is 5.92 Å². The van der Waals surface area contributed by atoms with Gasteiger partial charge in [-0.15, -0.1) is 11.3 Å². The molecule has 1 atom stereocenters. The molecule has 1 aliphatic rings. The molecular weight excluding hydrogens is 368 g/mol. The molecule has 6 heteroatoms. The van der Waals surface area contributed by atoms with Crippen LogP contribution in [0.3, 0.4) is 0 Å². The van der Waals surface area contributed by atoms with E-state index in [1.807, 2.05) is 12.1 Å². The highest BCUT2D eigenvalue weighted by atomic mass is 32.1. The second-order valence-electron chi connectivity index (χ2n) is 7.31. The number of anilines is 2. The van der Waals surface area contributed by atoms with Crippen LogP contribution in [0.1, 0.15) is 37.1 Å². The van der Waals surface area contributed by atoms with Gasteiger partial charge in [0.1, 0.15) is 17.0 Å². The van der Waals surface area contributed by atoms with E-state index in [2.05, 4.69) is 52.2 Å². The molecular formula is C22H26N4OS.